The van der Waals surface area contributed by atoms with Gasteiger partial charge in [-0.3, -0.25) is 0 Å². The normalized spacial score (nSPS) is 11.2. The summed E-state index contributed by atoms with van der Waals surface area (Å²) in [6, 6.07) is 19.8. The van der Waals surface area contributed by atoms with E-state index < -0.39 is 0 Å². The van der Waals surface area contributed by atoms with Crippen molar-refractivity contribution in [3.05, 3.63) is 76.9 Å². The molecule has 0 aliphatic heterocycles. The van der Waals surface area contributed by atoms with Crippen molar-refractivity contribution in [1.82, 2.24) is 4.98 Å². The van der Waals surface area contributed by atoms with Crippen LogP contribution in [0.2, 0.25) is 0 Å². The van der Waals surface area contributed by atoms with E-state index >= 15 is 0 Å². The monoisotopic (exact) mass is 343 g/mol. The van der Waals surface area contributed by atoms with Crippen LogP contribution in [0.4, 0.5) is 0 Å². The number of aromatic nitrogens is 1. The average molecular weight is 343 g/mol. The van der Waals surface area contributed by atoms with E-state index in [1.54, 1.807) is 11.3 Å². The topological polar surface area (TPSA) is 12.9 Å². The van der Waals surface area contributed by atoms with Crippen LogP contribution in [0, 0.1) is 27.7 Å². The molecule has 0 saturated heterocycles. The number of benzene rings is 3. The first-order valence-electron chi connectivity index (χ1n) is 8.57. The van der Waals surface area contributed by atoms with Gasteiger partial charge in [0.05, 0.1) is 10.2 Å². The van der Waals surface area contributed by atoms with Gasteiger partial charge in [0, 0.05) is 5.56 Å². The zero-order valence-electron chi connectivity index (χ0n) is 15.1. The molecule has 0 atom stereocenters. The summed E-state index contributed by atoms with van der Waals surface area (Å²) in [4.78, 5) is 4.89. The predicted molar refractivity (Wildman–Crippen MR) is 109 cm³/mol. The number of aryl methyl sites for hydroxylation is 4. The molecule has 0 spiro atoms. The molecule has 25 heavy (non-hydrogen) atoms. The molecule has 0 N–H and O–H groups in total. The zero-order valence-corrected chi connectivity index (χ0v) is 15.9. The van der Waals surface area contributed by atoms with Crippen LogP contribution in [0.1, 0.15) is 22.3 Å². The molecular formula is C23H21NS. The highest BCUT2D eigenvalue weighted by molar-refractivity contribution is 7.21. The molecule has 0 bridgehead atoms. The summed E-state index contributed by atoms with van der Waals surface area (Å²) in [5, 5.41) is 1.10. The number of nitrogens with zero attached hydrogens (tertiary/aromatic N) is 1. The van der Waals surface area contributed by atoms with Gasteiger partial charge in [-0.2, -0.15) is 0 Å². The number of fused-ring (bicyclic) bond motifs is 1. The molecule has 1 heterocycles. The second kappa shape index (κ2) is 6.12. The molecule has 124 valence electrons. The Balaban J connectivity index is 1.75. The molecule has 2 heteroatoms. The quantitative estimate of drug-likeness (QED) is 0.387. The molecule has 1 nitrogen and oxygen atoms in total. The summed E-state index contributed by atoms with van der Waals surface area (Å²) in [5.41, 5.74) is 10.0. The van der Waals surface area contributed by atoms with Gasteiger partial charge in [-0.1, -0.05) is 65.7 Å². The highest BCUT2D eigenvalue weighted by Gasteiger charge is 2.10. The maximum atomic E-state index is 4.89. The molecule has 0 aliphatic rings. The summed E-state index contributed by atoms with van der Waals surface area (Å²) in [6.45, 7) is 8.59. The zero-order chi connectivity index (χ0) is 17.6. The summed E-state index contributed by atoms with van der Waals surface area (Å²) >= 11 is 1.79. The molecular weight excluding hydrogens is 322 g/mol. The Bertz CT molecular complexity index is 1010. The molecule has 0 radical (unpaired) electrons. The average Bonchev–Trinajstić information content (AvgIpc) is 3.04. The molecule has 0 unspecified atom stereocenters. The third-order valence-corrected chi connectivity index (χ3v) is 5.87. The summed E-state index contributed by atoms with van der Waals surface area (Å²) in [5.74, 6) is 0. The van der Waals surface area contributed by atoms with Crippen LogP contribution in [0.3, 0.4) is 0 Å². The first-order valence-corrected chi connectivity index (χ1v) is 9.39. The third kappa shape index (κ3) is 2.98. The third-order valence-electron chi connectivity index (χ3n) is 4.63. The van der Waals surface area contributed by atoms with Crippen LogP contribution < -0.4 is 0 Å². The Hall–Kier alpha value is -2.45. The first-order chi connectivity index (χ1) is 12.0. The molecule has 4 rings (SSSR count). The second-order valence-corrected chi connectivity index (χ2v) is 7.85. The van der Waals surface area contributed by atoms with Gasteiger partial charge in [0.2, 0.25) is 0 Å². The Morgan fingerprint density at radius 1 is 0.640 bits per heavy atom. The lowest BCUT2D eigenvalue weighted by Crippen LogP contribution is -1.83. The second-order valence-electron chi connectivity index (χ2n) is 6.85. The number of thiazole rings is 1. The minimum absolute atomic E-state index is 1.10. The van der Waals surface area contributed by atoms with Crippen molar-refractivity contribution < 1.29 is 0 Å². The van der Waals surface area contributed by atoms with Crippen molar-refractivity contribution in [2.45, 2.75) is 27.7 Å². The van der Waals surface area contributed by atoms with Crippen molar-refractivity contribution in [3.8, 4) is 21.7 Å². The van der Waals surface area contributed by atoms with Gasteiger partial charge < -0.3 is 0 Å². The standard InChI is InChI=1S/C23H21NS/c1-14-11-15(2)13-20(12-14)18-7-9-19(10-8-18)23-24-21-16(3)5-6-17(4)22(21)25-23/h5-13H,1-4H3. The van der Waals surface area contributed by atoms with E-state index in [0.717, 1.165) is 10.5 Å². The summed E-state index contributed by atoms with van der Waals surface area (Å²) in [6.07, 6.45) is 0. The van der Waals surface area contributed by atoms with Crippen LogP contribution >= 0.6 is 11.3 Å². The molecule has 4 aromatic rings. The van der Waals surface area contributed by atoms with E-state index in [9.17, 15) is 0 Å². The Kier molecular flexibility index (Phi) is 3.93. The van der Waals surface area contributed by atoms with E-state index in [0.29, 0.717) is 0 Å². The molecule has 0 aliphatic carbocycles. The van der Waals surface area contributed by atoms with Gasteiger partial charge in [-0.25, -0.2) is 4.98 Å². The lowest BCUT2D eigenvalue weighted by atomic mass is 10.00. The SMILES string of the molecule is Cc1cc(C)cc(-c2ccc(-c3nc4c(C)ccc(C)c4s3)cc2)c1. The highest BCUT2D eigenvalue weighted by Crippen LogP contribution is 2.34. The fourth-order valence-corrected chi connectivity index (χ4v) is 4.45. The van der Waals surface area contributed by atoms with Crippen molar-refractivity contribution in [3.63, 3.8) is 0 Å². The van der Waals surface area contributed by atoms with Gasteiger partial charge in [0.25, 0.3) is 0 Å². The van der Waals surface area contributed by atoms with Crippen molar-refractivity contribution in [2.24, 2.45) is 0 Å². The Morgan fingerprint density at radius 2 is 1.24 bits per heavy atom. The maximum absolute atomic E-state index is 4.89. The van der Waals surface area contributed by atoms with Crippen LogP contribution in [0.15, 0.2) is 54.6 Å². The van der Waals surface area contributed by atoms with Gasteiger partial charge in [0.1, 0.15) is 5.01 Å². The first kappa shape index (κ1) is 16.0. The lowest BCUT2D eigenvalue weighted by Gasteiger charge is -2.06. The number of hydrogen-bond donors (Lipinski definition) is 0. The van der Waals surface area contributed by atoms with Gasteiger partial charge >= 0.3 is 0 Å². The lowest BCUT2D eigenvalue weighted by molar-refractivity contribution is 1.38. The van der Waals surface area contributed by atoms with Gasteiger partial charge in [-0.15, -0.1) is 11.3 Å². The van der Waals surface area contributed by atoms with E-state index in [1.807, 2.05) is 0 Å². The molecule has 0 fully saturated rings. The fraction of sp³-hybridized carbons (Fsp3) is 0.174. The Morgan fingerprint density at radius 3 is 1.88 bits per heavy atom. The number of hydrogen-bond acceptors (Lipinski definition) is 2. The maximum Gasteiger partial charge on any atom is 0.124 e. The van der Waals surface area contributed by atoms with E-state index in [-0.39, 0.29) is 0 Å². The van der Waals surface area contributed by atoms with E-state index in [4.69, 9.17) is 4.98 Å². The van der Waals surface area contributed by atoms with Crippen LogP contribution in [-0.2, 0) is 0 Å². The van der Waals surface area contributed by atoms with E-state index in [1.165, 1.54) is 43.6 Å². The molecule has 1 aromatic heterocycles. The summed E-state index contributed by atoms with van der Waals surface area (Å²) in [7, 11) is 0. The molecule has 3 aromatic carbocycles. The van der Waals surface area contributed by atoms with E-state index in [2.05, 4.69) is 82.3 Å². The molecule has 0 amide bonds. The van der Waals surface area contributed by atoms with Crippen molar-refractivity contribution >= 4 is 21.6 Å². The van der Waals surface area contributed by atoms with Crippen molar-refractivity contribution in [1.29, 1.82) is 0 Å². The highest BCUT2D eigenvalue weighted by atomic mass is 32.1. The molecule has 0 saturated carbocycles. The minimum atomic E-state index is 1.10. The van der Waals surface area contributed by atoms with Crippen LogP contribution in [0.5, 0.6) is 0 Å². The minimum Gasteiger partial charge on any atom is -0.236 e. The van der Waals surface area contributed by atoms with Crippen LogP contribution in [0.25, 0.3) is 31.9 Å². The summed E-state index contributed by atoms with van der Waals surface area (Å²) < 4.78 is 1.30. The van der Waals surface area contributed by atoms with Crippen molar-refractivity contribution in [2.75, 3.05) is 0 Å². The van der Waals surface area contributed by atoms with Gasteiger partial charge in [0.15, 0.2) is 0 Å². The van der Waals surface area contributed by atoms with Gasteiger partial charge in [-0.05, 0) is 49.9 Å². The predicted octanol–water partition coefficient (Wildman–Crippen LogP) is 6.86. The fourth-order valence-electron chi connectivity index (χ4n) is 3.33. The number of rotatable bonds is 2. The van der Waals surface area contributed by atoms with Crippen LogP contribution in [-0.4, -0.2) is 4.98 Å². The smallest absolute Gasteiger partial charge is 0.124 e. The largest absolute Gasteiger partial charge is 0.236 e. The Labute approximate surface area is 153 Å².